The molecule has 0 aromatic carbocycles. The molecular weight excluding hydrogens is 200 g/mol. The van der Waals surface area contributed by atoms with Gasteiger partial charge in [0, 0.05) is 31.2 Å². The second kappa shape index (κ2) is 4.22. The monoisotopic (exact) mass is 211 g/mol. The van der Waals surface area contributed by atoms with Crippen LogP contribution in [-0.2, 0) is 4.79 Å². The van der Waals surface area contributed by atoms with Gasteiger partial charge in [0.25, 0.3) is 0 Å². The zero-order valence-electron chi connectivity index (χ0n) is 7.16. The lowest BCUT2D eigenvalue weighted by atomic mass is 10.1. The molecule has 76 valence electrons. The van der Waals surface area contributed by atoms with Gasteiger partial charge in [0.15, 0.2) is 0 Å². The van der Waals surface area contributed by atoms with E-state index in [1.54, 1.807) is 0 Å². The summed E-state index contributed by atoms with van der Waals surface area (Å²) in [5.41, 5.74) is 0. The highest BCUT2D eigenvalue weighted by Crippen LogP contribution is 2.38. The minimum absolute atomic E-state index is 0.175. The molecule has 0 saturated heterocycles. The molecule has 1 N–H and O–H groups in total. The zero-order chi connectivity index (χ0) is 9.90. The van der Waals surface area contributed by atoms with Crippen LogP contribution in [0.2, 0.25) is 0 Å². The maximum absolute atomic E-state index is 12.7. The maximum Gasteiger partial charge on any atom is 0.248 e. The molecule has 1 rings (SSSR count). The minimum atomic E-state index is -2.65. The molecule has 1 aliphatic carbocycles. The van der Waals surface area contributed by atoms with E-state index in [-0.39, 0.29) is 25.2 Å². The molecule has 1 unspecified atom stereocenters. The van der Waals surface area contributed by atoms with E-state index < -0.39 is 11.8 Å². The summed E-state index contributed by atoms with van der Waals surface area (Å²) in [6.45, 7) is 0.350. The first-order chi connectivity index (χ1) is 6.05. The van der Waals surface area contributed by atoms with Crippen molar-refractivity contribution < 1.29 is 13.6 Å². The van der Waals surface area contributed by atoms with Crippen molar-refractivity contribution in [2.24, 2.45) is 5.92 Å². The van der Waals surface area contributed by atoms with Gasteiger partial charge >= 0.3 is 0 Å². The molecule has 1 atom stereocenters. The fraction of sp³-hybridized carbons (Fsp3) is 0.875. The largest absolute Gasteiger partial charge is 0.355 e. The van der Waals surface area contributed by atoms with Crippen molar-refractivity contribution >= 4 is 17.5 Å². The highest BCUT2D eigenvalue weighted by Gasteiger charge is 2.42. The summed E-state index contributed by atoms with van der Waals surface area (Å²) in [5, 5.41) is 2.51. The number of hydrogen-bond acceptors (Lipinski definition) is 1. The second-order valence-corrected chi connectivity index (χ2v) is 3.65. The van der Waals surface area contributed by atoms with Crippen molar-refractivity contribution in [3.63, 3.8) is 0 Å². The summed E-state index contributed by atoms with van der Waals surface area (Å²) < 4.78 is 25.3. The first kappa shape index (κ1) is 10.7. The number of alkyl halides is 3. The van der Waals surface area contributed by atoms with Crippen LogP contribution < -0.4 is 5.32 Å². The molecule has 0 bridgehead atoms. The van der Waals surface area contributed by atoms with Gasteiger partial charge < -0.3 is 5.32 Å². The third-order valence-corrected chi connectivity index (χ3v) is 2.36. The van der Waals surface area contributed by atoms with Crippen molar-refractivity contribution in [3.8, 4) is 0 Å². The number of rotatable bonds is 3. The van der Waals surface area contributed by atoms with E-state index in [0.717, 1.165) is 0 Å². The Balaban J connectivity index is 2.33. The topological polar surface area (TPSA) is 29.1 Å². The first-order valence-corrected chi connectivity index (χ1v) is 4.80. The lowest BCUT2D eigenvalue weighted by molar-refractivity contribution is -0.125. The Kier molecular flexibility index (Phi) is 3.47. The summed E-state index contributed by atoms with van der Waals surface area (Å²) in [6.07, 6.45) is -0.214. The predicted octanol–water partition coefficient (Wildman–Crippen LogP) is 1.78. The number of hydrogen-bond donors (Lipinski definition) is 1. The van der Waals surface area contributed by atoms with Gasteiger partial charge in [-0.15, -0.1) is 11.6 Å². The van der Waals surface area contributed by atoms with Crippen LogP contribution in [-0.4, -0.2) is 24.3 Å². The van der Waals surface area contributed by atoms with E-state index in [2.05, 4.69) is 5.32 Å². The molecule has 0 aromatic heterocycles. The van der Waals surface area contributed by atoms with E-state index in [4.69, 9.17) is 11.6 Å². The number of carbonyl (C=O) groups excluding carboxylic acids is 1. The van der Waals surface area contributed by atoms with E-state index >= 15 is 0 Å². The third kappa shape index (κ3) is 3.10. The molecule has 13 heavy (non-hydrogen) atoms. The van der Waals surface area contributed by atoms with Gasteiger partial charge in [0.1, 0.15) is 0 Å². The Morgan fingerprint density at radius 3 is 2.77 bits per heavy atom. The Morgan fingerprint density at radius 2 is 2.31 bits per heavy atom. The van der Waals surface area contributed by atoms with E-state index in [9.17, 15) is 13.6 Å². The van der Waals surface area contributed by atoms with Gasteiger partial charge in [-0.1, -0.05) is 0 Å². The van der Waals surface area contributed by atoms with Crippen LogP contribution in [0.3, 0.4) is 0 Å². The second-order valence-electron chi connectivity index (χ2n) is 3.28. The average Bonchev–Trinajstić information content (AvgIpc) is 2.42. The predicted molar refractivity (Wildman–Crippen MR) is 46.0 cm³/mol. The number of halogens is 3. The Bertz CT molecular complexity index is 199. The Morgan fingerprint density at radius 1 is 1.62 bits per heavy atom. The quantitative estimate of drug-likeness (QED) is 0.709. The van der Waals surface area contributed by atoms with Crippen molar-refractivity contribution in [1.29, 1.82) is 0 Å². The summed E-state index contributed by atoms with van der Waals surface area (Å²) in [7, 11) is 0. The molecule has 0 aromatic rings. The lowest BCUT2D eigenvalue weighted by Crippen LogP contribution is -2.31. The van der Waals surface area contributed by atoms with E-state index in [0.29, 0.717) is 12.4 Å². The minimum Gasteiger partial charge on any atom is -0.355 e. The highest BCUT2D eigenvalue weighted by molar-refractivity contribution is 6.18. The fourth-order valence-electron chi connectivity index (χ4n) is 1.49. The van der Waals surface area contributed by atoms with Crippen LogP contribution >= 0.6 is 11.6 Å². The van der Waals surface area contributed by atoms with Crippen LogP contribution in [0.25, 0.3) is 0 Å². The van der Waals surface area contributed by atoms with Crippen LogP contribution in [0.1, 0.15) is 19.3 Å². The zero-order valence-corrected chi connectivity index (χ0v) is 7.91. The molecule has 0 spiro atoms. The highest BCUT2D eigenvalue weighted by atomic mass is 35.5. The van der Waals surface area contributed by atoms with Gasteiger partial charge in [0.05, 0.1) is 0 Å². The molecule has 2 nitrogen and oxygen atoms in total. The summed E-state index contributed by atoms with van der Waals surface area (Å²) in [4.78, 5) is 11.2. The number of amides is 1. The molecule has 1 aliphatic rings. The molecule has 0 aliphatic heterocycles. The van der Waals surface area contributed by atoms with E-state index in [1.165, 1.54) is 0 Å². The van der Waals surface area contributed by atoms with Crippen LogP contribution in [0.5, 0.6) is 0 Å². The summed E-state index contributed by atoms with van der Waals surface area (Å²) >= 11 is 5.35. The van der Waals surface area contributed by atoms with Gasteiger partial charge in [-0.2, -0.15) is 0 Å². The molecule has 1 amide bonds. The van der Waals surface area contributed by atoms with Crippen LogP contribution in [0, 0.1) is 5.92 Å². The Labute approximate surface area is 80.6 Å². The molecule has 0 radical (unpaired) electrons. The van der Waals surface area contributed by atoms with Crippen molar-refractivity contribution in [1.82, 2.24) is 5.32 Å². The van der Waals surface area contributed by atoms with Gasteiger partial charge in [-0.05, 0) is 6.42 Å². The molecule has 1 saturated carbocycles. The number of nitrogens with one attached hydrogen (secondary N) is 1. The number of carbonyl (C=O) groups is 1. The fourth-order valence-corrected chi connectivity index (χ4v) is 1.58. The lowest BCUT2D eigenvalue weighted by Gasteiger charge is -2.10. The molecule has 5 heteroatoms. The van der Waals surface area contributed by atoms with Gasteiger partial charge in [0.2, 0.25) is 11.8 Å². The maximum atomic E-state index is 12.7. The van der Waals surface area contributed by atoms with E-state index in [1.807, 2.05) is 0 Å². The SMILES string of the molecule is O=C(NCCCl)C1CCC(F)(F)C1. The summed E-state index contributed by atoms with van der Waals surface area (Å²) in [5.74, 6) is -3.16. The smallest absolute Gasteiger partial charge is 0.248 e. The average molecular weight is 212 g/mol. The standard InChI is InChI=1S/C8H12ClF2NO/c9-3-4-12-7(13)6-1-2-8(10,11)5-6/h6H,1-5H2,(H,12,13). The molecule has 0 heterocycles. The van der Waals surface area contributed by atoms with Crippen LogP contribution in [0.4, 0.5) is 8.78 Å². The van der Waals surface area contributed by atoms with Crippen molar-refractivity contribution in [3.05, 3.63) is 0 Å². The van der Waals surface area contributed by atoms with Crippen molar-refractivity contribution in [2.45, 2.75) is 25.2 Å². The first-order valence-electron chi connectivity index (χ1n) is 4.27. The Hall–Kier alpha value is -0.380. The molecular formula is C8H12ClF2NO. The third-order valence-electron chi connectivity index (χ3n) is 2.17. The van der Waals surface area contributed by atoms with Crippen molar-refractivity contribution in [2.75, 3.05) is 12.4 Å². The molecule has 1 fully saturated rings. The van der Waals surface area contributed by atoms with Crippen LogP contribution in [0.15, 0.2) is 0 Å². The summed E-state index contributed by atoms with van der Waals surface area (Å²) in [6, 6.07) is 0. The normalized spacial score (nSPS) is 25.9. The van der Waals surface area contributed by atoms with Gasteiger partial charge in [-0.25, -0.2) is 8.78 Å². The van der Waals surface area contributed by atoms with Gasteiger partial charge in [-0.3, -0.25) is 4.79 Å².